The standard InChI is InChI=1S/C19H19NO5S/c1-2-13-8-10-15(11-9-13)17-16(21)18(19(20)24-17)25-26(22,23)12-14-6-4-3-5-7-14/h3-11,17H,2,12,20H2,1H3/t17-/m1/s1/i12D2,17D. The van der Waals surface area contributed by atoms with Crippen molar-refractivity contribution >= 4 is 15.9 Å². The van der Waals surface area contributed by atoms with Crippen LogP contribution in [0.25, 0.3) is 0 Å². The lowest BCUT2D eigenvalue weighted by atomic mass is 10.0. The molecule has 2 aromatic rings. The highest BCUT2D eigenvalue weighted by atomic mass is 32.2. The van der Waals surface area contributed by atoms with Gasteiger partial charge in [0.25, 0.3) is 0 Å². The van der Waals surface area contributed by atoms with Crippen LogP contribution in [0.2, 0.25) is 0 Å². The van der Waals surface area contributed by atoms with Crippen molar-refractivity contribution in [2.75, 3.05) is 0 Å². The van der Waals surface area contributed by atoms with Gasteiger partial charge in [-0.1, -0.05) is 61.5 Å². The van der Waals surface area contributed by atoms with E-state index in [-0.39, 0.29) is 11.1 Å². The molecule has 6 nitrogen and oxygen atoms in total. The molecular weight excluding hydrogens is 354 g/mol. The summed E-state index contributed by atoms with van der Waals surface area (Å²) >= 11 is 0. The molecule has 1 aliphatic heterocycles. The van der Waals surface area contributed by atoms with Gasteiger partial charge in [-0.15, -0.1) is 0 Å². The molecule has 1 aliphatic rings. The molecule has 0 fully saturated rings. The molecule has 1 heterocycles. The monoisotopic (exact) mass is 376 g/mol. The second kappa shape index (κ2) is 7.21. The summed E-state index contributed by atoms with van der Waals surface area (Å²) in [6.07, 6.45) is -1.57. The number of carbonyl (C=O) groups excluding carboxylic acids is 1. The van der Waals surface area contributed by atoms with E-state index in [9.17, 15) is 13.2 Å². The van der Waals surface area contributed by atoms with Crippen LogP contribution in [-0.4, -0.2) is 14.2 Å². The predicted molar refractivity (Wildman–Crippen MR) is 96.0 cm³/mol. The van der Waals surface area contributed by atoms with E-state index in [2.05, 4.69) is 0 Å². The molecule has 2 aromatic carbocycles. The lowest BCUT2D eigenvalue weighted by molar-refractivity contribution is -0.123. The third-order valence-electron chi connectivity index (χ3n) is 3.68. The molecule has 0 saturated heterocycles. The smallest absolute Gasteiger partial charge is 0.313 e. The molecule has 0 aliphatic carbocycles. The van der Waals surface area contributed by atoms with Crippen LogP contribution in [0, 0.1) is 0 Å². The largest absolute Gasteiger partial charge is 0.460 e. The fourth-order valence-corrected chi connectivity index (χ4v) is 3.20. The van der Waals surface area contributed by atoms with E-state index < -0.39 is 39.3 Å². The number of Topliss-reactive ketones (excluding diaryl/α,β-unsaturated/α-hetero) is 1. The second-order valence-electron chi connectivity index (χ2n) is 5.51. The minimum absolute atomic E-state index is 0.143. The second-order valence-corrected chi connectivity index (χ2v) is 6.79. The van der Waals surface area contributed by atoms with E-state index in [0.29, 0.717) is 0 Å². The first-order valence-corrected chi connectivity index (χ1v) is 9.26. The lowest BCUT2D eigenvalue weighted by Crippen LogP contribution is -2.16. The third kappa shape index (κ3) is 3.88. The van der Waals surface area contributed by atoms with Gasteiger partial charge in [0, 0.05) is 5.56 Å². The van der Waals surface area contributed by atoms with Crippen molar-refractivity contribution in [1.82, 2.24) is 0 Å². The molecule has 0 bridgehead atoms. The van der Waals surface area contributed by atoms with Crippen LogP contribution in [0.5, 0.6) is 0 Å². The van der Waals surface area contributed by atoms with Crippen molar-refractivity contribution in [3.05, 3.63) is 82.9 Å². The van der Waals surface area contributed by atoms with Crippen LogP contribution in [0.1, 0.15) is 33.8 Å². The fraction of sp³-hybridized carbons (Fsp3) is 0.211. The van der Waals surface area contributed by atoms with E-state index in [1.54, 1.807) is 18.2 Å². The first-order chi connectivity index (χ1) is 13.5. The number of ether oxygens (including phenoxy) is 1. The zero-order chi connectivity index (χ0) is 21.4. The maximum absolute atomic E-state index is 12.8. The van der Waals surface area contributed by atoms with Crippen molar-refractivity contribution in [1.29, 1.82) is 0 Å². The molecule has 0 spiro atoms. The molecule has 3 rings (SSSR count). The molecule has 0 amide bonds. The average Bonchev–Trinajstić information content (AvgIpc) is 2.92. The predicted octanol–water partition coefficient (Wildman–Crippen LogP) is 2.56. The number of nitrogens with two attached hydrogens (primary N) is 1. The molecule has 7 heteroatoms. The number of aryl methyl sites for hydroxylation is 1. The maximum atomic E-state index is 12.8. The van der Waals surface area contributed by atoms with Gasteiger partial charge in [-0.05, 0) is 17.5 Å². The quantitative estimate of drug-likeness (QED) is 0.779. The minimum atomic E-state index is -4.99. The topological polar surface area (TPSA) is 95.7 Å². The maximum Gasteiger partial charge on any atom is 0.313 e. The summed E-state index contributed by atoms with van der Waals surface area (Å²) in [6.45, 7) is 1.94. The number of rotatable bonds is 6. The van der Waals surface area contributed by atoms with Crippen molar-refractivity contribution < 1.29 is 26.2 Å². The Hall–Kier alpha value is -2.80. The van der Waals surface area contributed by atoms with Gasteiger partial charge >= 0.3 is 10.1 Å². The number of hydrogen-bond acceptors (Lipinski definition) is 6. The van der Waals surface area contributed by atoms with Crippen LogP contribution in [0.15, 0.2) is 66.2 Å². The van der Waals surface area contributed by atoms with E-state index in [0.717, 1.165) is 12.0 Å². The lowest BCUT2D eigenvalue weighted by Gasteiger charge is -2.10. The van der Waals surface area contributed by atoms with Gasteiger partial charge in [0.05, 0.1) is 4.11 Å². The Labute approximate surface area is 156 Å². The number of ketones is 1. The SMILES string of the molecule is [2H]C([2H])(c1ccccc1)S(=O)(=O)OC1=C(N)O[C@]([2H])(c2ccc(CC)cc2)C1=O. The number of benzene rings is 2. The van der Waals surface area contributed by atoms with E-state index in [1.807, 2.05) is 6.92 Å². The molecular formula is C19H19NO5S. The highest BCUT2D eigenvalue weighted by molar-refractivity contribution is 7.86. The highest BCUT2D eigenvalue weighted by Crippen LogP contribution is 2.32. The van der Waals surface area contributed by atoms with Crippen molar-refractivity contribution in [3.8, 4) is 0 Å². The normalized spacial score (nSPS) is 22.3. The Morgan fingerprint density at radius 2 is 1.81 bits per heavy atom. The Balaban J connectivity index is 1.91. The summed E-state index contributed by atoms with van der Waals surface area (Å²) in [5.74, 6) is -2.75. The van der Waals surface area contributed by atoms with E-state index in [4.69, 9.17) is 18.8 Å². The van der Waals surface area contributed by atoms with Crippen molar-refractivity contribution in [3.63, 3.8) is 0 Å². The third-order valence-corrected chi connectivity index (χ3v) is 4.55. The van der Waals surface area contributed by atoms with Crippen LogP contribution in [-0.2, 0) is 36.0 Å². The van der Waals surface area contributed by atoms with Gasteiger partial charge in [0.15, 0.2) is 6.08 Å². The van der Waals surface area contributed by atoms with Gasteiger partial charge in [-0.3, -0.25) is 4.79 Å². The summed E-state index contributed by atoms with van der Waals surface area (Å²) in [5.41, 5.74) is 3.60. The zero-order valence-corrected chi connectivity index (χ0v) is 14.7. The number of hydrogen-bond donors (Lipinski definition) is 1. The molecule has 136 valence electrons. The van der Waals surface area contributed by atoms with E-state index >= 15 is 0 Å². The molecule has 2 N–H and O–H groups in total. The van der Waals surface area contributed by atoms with Crippen LogP contribution >= 0.6 is 0 Å². The Kier molecular flexibility index (Phi) is 3.99. The first kappa shape index (κ1) is 14.4. The summed E-state index contributed by atoms with van der Waals surface area (Å²) in [4.78, 5) is 12.8. The van der Waals surface area contributed by atoms with Crippen LogP contribution in [0.3, 0.4) is 0 Å². The Morgan fingerprint density at radius 3 is 2.42 bits per heavy atom. The van der Waals surface area contributed by atoms with Gasteiger partial charge in [0.2, 0.25) is 17.4 Å². The van der Waals surface area contributed by atoms with Gasteiger partial charge < -0.3 is 14.7 Å². The molecule has 0 unspecified atom stereocenters. The first-order valence-electron chi connectivity index (χ1n) is 9.35. The van der Waals surface area contributed by atoms with Gasteiger partial charge in [-0.2, -0.15) is 8.42 Å². The summed E-state index contributed by atoms with van der Waals surface area (Å²) in [6, 6.07) is 13.5. The highest BCUT2D eigenvalue weighted by Gasteiger charge is 2.39. The molecule has 26 heavy (non-hydrogen) atoms. The van der Waals surface area contributed by atoms with Crippen molar-refractivity contribution in [2.24, 2.45) is 5.73 Å². The molecule has 0 saturated carbocycles. The Morgan fingerprint density at radius 1 is 1.15 bits per heavy atom. The zero-order valence-electron chi connectivity index (χ0n) is 16.9. The summed E-state index contributed by atoms with van der Waals surface area (Å²) < 4.78 is 59.4. The molecule has 0 aromatic heterocycles. The average molecular weight is 376 g/mol. The minimum Gasteiger partial charge on any atom is -0.460 e. The summed E-state index contributed by atoms with van der Waals surface area (Å²) in [5, 5.41) is 0. The van der Waals surface area contributed by atoms with Gasteiger partial charge in [0.1, 0.15) is 5.70 Å². The molecule has 1 atom stereocenters. The molecule has 0 radical (unpaired) electrons. The fourth-order valence-electron chi connectivity index (χ4n) is 2.36. The van der Waals surface area contributed by atoms with Crippen LogP contribution < -0.4 is 5.73 Å². The number of carbonyl (C=O) groups is 1. The summed E-state index contributed by atoms with van der Waals surface area (Å²) in [7, 11) is -4.99. The van der Waals surface area contributed by atoms with Crippen LogP contribution in [0.4, 0.5) is 0 Å². The Bertz CT molecular complexity index is 1070. The van der Waals surface area contributed by atoms with Gasteiger partial charge in [-0.25, -0.2) is 0 Å². The van der Waals surface area contributed by atoms with E-state index in [1.165, 1.54) is 36.4 Å². The van der Waals surface area contributed by atoms with Crippen molar-refractivity contribution in [2.45, 2.75) is 25.1 Å².